The Bertz CT molecular complexity index is 442. The van der Waals surface area contributed by atoms with Crippen LogP contribution in [0.3, 0.4) is 0 Å². The van der Waals surface area contributed by atoms with E-state index in [9.17, 15) is 4.79 Å². The third kappa shape index (κ3) is 3.98. The van der Waals surface area contributed by atoms with Gasteiger partial charge >= 0.3 is 0 Å². The van der Waals surface area contributed by atoms with Gasteiger partial charge in [0.15, 0.2) is 0 Å². The summed E-state index contributed by atoms with van der Waals surface area (Å²) in [5.74, 6) is 0. The van der Waals surface area contributed by atoms with Gasteiger partial charge in [-0.05, 0) is 29.3 Å². The van der Waals surface area contributed by atoms with Gasteiger partial charge in [-0.1, -0.05) is 6.08 Å². The second-order valence-electron chi connectivity index (χ2n) is 3.84. The first-order valence-corrected chi connectivity index (χ1v) is 6.21. The van der Waals surface area contributed by atoms with E-state index in [-0.39, 0.29) is 11.6 Å². The van der Waals surface area contributed by atoms with E-state index in [4.69, 9.17) is 5.73 Å². The van der Waals surface area contributed by atoms with Crippen LogP contribution in [0.2, 0.25) is 0 Å². The number of nitrogens with one attached hydrogen (secondary N) is 1. The highest BCUT2D eigenvalue weighted by Gasteiger charge is 2.07. The van der Waals surface area contributed by atoms with E-state index in [1.54, 1.807) is 12.3 Å². The van der Waals surface area contributed by atoms with Gasteiger partial charge in [-0.3, -0.25) is 4.79 Å². The van der Waals surface area contributed by atoms with Crippen LogP contribution < -0.4 is 16.6 Å². The molecule has 0 aromatic carbocycles. The maximum Gasteiger partial charge on any atom is 0.283 e. The van der Waals surface area contributed by atoms with Gasteiger partial charge in [-0.25, -0.2) is 4.68 Å². The predicted octanol–water partition coefficient (Wildman–Crippen LogP) is 1.34. The molecule has 0 bridgehead atoms. The van der Waals surface area contributed by atoms with Crippen molar-refractivity contribution in [2.75, 3.05) is 11.9 Å². The minimum absolute atomic E-state index is 0.135. The highest BCUT2D eigenvalue weighted by Crippen LogP contribution is 2.15. The molecule has 1 aromatic rings. The second kappa shape index (κ2) is 6.56. The molecular weight excluding hydrogens is 284 g/mol. The van der Waals surface area contributed by atoms with Gasteiger partial charge in [0, 0.05) is 12.6 Å². The van der Waals surface area contributed by atoms with E-state index >= 15 is 0 Å². The Hall–Kier alpha value is -1.14. The molecule has 1 atom stereocenters. The van der Waals surface area contributed by atoms with Crippen LogP contribution in [0.1, 0.15) is 13.3 Å². The van der Waals surface area contributed by atoms with Gasteiger partial charge in [0.05, 0.1) is 18.4 Å². The standard InChI is InChI=1S/C11H17BrN4O/c1-3-6-16-11(17)10(12)9(7-15-16)14-5-4-8(2)13/h3,7-8,14H,1,4-6,13H2,2H3. The first kappa shape index (κ1) is 13.9. The summed E-state index contributed by atoms with van der Waals surface area (Å²) in [4.78, 5) is 11.8. The quantitative estimate of drug-likeness (QED) is 0.778. The van der Waals surface area contributed by atoms with Crippen molar-refractivity contribution in [3.05, 3.63) is 33.7 Å². The molecule has 1 heterocycles. The topological polar surface area (TPSA) is 72.9 Å². The molecule has 0 aliphatic rings. The van der Waals surface area contributed by atoms with Crippen molar-refractivity contribution < 1.29 is 0 Å². The summed E-state index contributed by atoms with van der Waals surface area (Å²) in [7, 11) is 0. The normalized spacial score (nSPS) is 12.2. The summed E-state index contributed by atoms with van der Waals surface area (Å²) in [5, 5.41) is 7.16. The predicted molar refractivity (Wildman–Crippen MR) is 73.2 cm³/mol. The van der Waals surface area contributed by atoms with Gasteiger partial charge in [0.2, 0.25) is 0 Å². The summed E-state index contributed by atoms with van der Waals surface area (Å²) >= 11 is 3.27. The van der Waals surface area contributed by atoms with Gasteiger partial charge in [-0.15, -0.1) is 6.58 Å². The lowest BCUT2D eigenvalue weighted by Crippen LogP contribution is -2.25. The fourth-order valence-electron chi connectivity index (χ4n) is 1.28. The largest absolute Gasteiger partial charge is 0.383 e. The minimum atomic E-state index is -0.171. The van der Waals surface area contributed by atoms with Crippen molar-refractivity contribution in [2.45, 2.75) is 25.9 Å². The molecule has 0 fully saturated rings. The van der Waals surface area contributed by atoms with Gasteiger partial charge in [0.1, 0.15) is 4.47 Å². The third-order valence-corrected chi connectivity index (χ3v) is 2.97. The van der Waals surface area contributed by atoms with Crippen molar-refractivity contribution >= 4 is 21.6 Å². The SMILES string of the molecule is C=CCn1ncc(NCCC(C)N)c(Br)c1=O. The number of rotatable bonds is 6. The monoisotopic (exact) mass is 300 g/mol. The zero-order chi connectivity index (χ0) is 12.8. The van der Waals surface area contributed by atoms with Crippen molar-refractivity contribution in [1.82, 2.24) is 9.78 Å². The van der Waals surface area contributed by atoms with Crippen molar-refractivity contribution in [3.63, 3.8) is 0 Å². The summed E-state index contributed by atoms with van der Waals surface area (Å²) in [5.41, 5.74) is 6.16. The Labute approximate surface area is 109 Å². The van der Waals surface area contributed by atoms with Crippen LogP contribution >= 0.6 is 15.9 Å². The molecule has 1 unspecified atom stereocenters. The third-order valence-electron chi connectivity index (χ3n) is 2.20. The first-order valence-electron chi connectivity index (χ1n) is 5.42. The Balaban J connectivity index is 2.78. The van der Waals surface area contributed by atoms with E-state index < -0.39 is 0 Å². The maximum atomic E-state index is 11.8. The molecule has 94 valence electrons. The number of anilines is 1. The zero-order valence-electron chi connectivity index (χ0n) is 9.82. The minimum Gasteiger partial charge on any atom is -0.383 e. The molecule has 0 amide bonds. The van der Waals surface area contributed by atoms with E-state index in [1.165, 1.54) is 4.68 Å². The Kier molecular flexibility index (Phi) is 5.37. The lowest BCUT2D eigenvalue weighted by molar-refractivity contribution is 0.647. The van der Waals surface area contributed by atoms with Gasteiger partial charge in [-0.2, -0.15) is 5.10 Å². The number of halogens is 1. The molecule has 5 nitrogen and oxygen atoms in total. The van der Waals surface area contributed by atoms with Crippen LogP contribution in [-0.4, -0.2) is 22.4 Å². The number of nitrogens with zero attached hydrogens (tertiary/aromatic N) is 2. The van der Waals surface area contributed by atoms with Gasteiger partial charge < -0.3 is 11.1 Å². The molecule has 1 rings (SSSR count). The smallest absolute Gasteiger partial charge is 0.283 e. The van der Waals surface area contributed by atoms with Crippen LogP contribution in [0, 0.1) is 0 Å². The average molecular weight is 301 g/mol. The first-order chi connectivity index (χ1) is 8.06. The molecule has 6 heteroatoms. The number of hydrogen-bond acceptors (Lipinski definition) is 4. The maximum absolute atomic E-state index is 11.8. The van der Waals surface area contributed by atoms with Crippen molar-refractivity contribution in [2.24, 2.45) is 5.73 Å². The molecular formula is C11H17BrN4O. The van der Waals surface area contributed by atoms with Crippen LogP contribution in [-0.2, 0) is 6.54 Å². The lowest BCUT2D eigenvalue weighted by atomic mass is 10.2. The number of nitrogens with two attached hydrogens (primary N) is 1. The zero-order valence-corrected chi connectivity index (χ0v) is 11.4. The summed E-state index contributed by atoms with van der Waals surface area (Å²) in [6.45, 7) is 6.63. The molecule has 0 aliphatic heterocycles. The molecule has 17 heavy (non-hydrogen) atoms. The van der Waals surface area contributed by atoms with Crippen molar-refractivity contribution in [3.8, 4) is 0 Å². The average Bonchev–Trinajstić information content (AvgIpc) is 2.28. The van der Waals surface area contributed by atoms with E-state index in [0.717, 1.165) is 6.42 Å². The lowest BCUT2D eigenvalue weighted by Gasteiger charge is -2.10. The van der Waals surface area contributed by atoms with Crippen LogP contribution in [0.5, 0.6) is 0 Å². The van der Waals surface area contributed by atoms with E-state index in [2.05, 4.69) is 32.9 Å². The van der Waals surface area contributed by atoms with E-state index in [0.29, 0.717) is 23.2 Å². The summed E-state index contributed by atoms with van der Waals surface area (Å²) in [6.07, 6.45) is 4.09. The Morgan fingerprint density at radius 2 is 2.47 bits per heavy atom. The molecule has 0 aliphatic carbocycles. The highest BCUT2D eigenvalue weighted by molar-refractivity contribution is 9.10. The van der Waals surface area contributed by atoms with Gasteiger partial charge in [0.25, 0.3) is 5.56 Å². The number of hydrogen-bond donors (Lipinski definition) is 2. The Morgan fingerprint density at radius 1 is 1.76 bits per heavy atom. The number of allylic oxidation sites excluding steroid dienone is 1. The molecule has 0 saturated carbocycles. The van der Waals surface area contributed by atoms with Crippen LogP contribution in [0.25, 0.3) is 0 Å². The summed E-state index contributed by atoms with van der Waals surface area (Å²) < 4.78 is 1.83. The fourth-order valence-corrected chi connectivity index (χ4v) is 1.72. The molecule has 0 radical (unpaired) electrons. The van der Waals surface area contributed by atoms with Crippen molar-refractivity contribution in [1.29, 1.82) is 0 Å². The van der Waals surface area contributed by atoms with Crippen LogP contribution in [0.15, 0.2) is 28.1 Å². The molecule has 0 spiro atoms. The van der Waals surface area contributed by atoms with Crippen LogP contribution in [0.4, 0.5) is 5.69 Å². The van der Waals surface area contributed by atoms with E-state index in [1.807, 2.05) is 6.92 Å². The number of aromatic nitrogens is 2. The molecule has 3 N–H and O–H groups in total. The summed E-state index contributed by atoms with van der Waals surface area (Å²) in [6, 6.07) is 0.135. The molecule has 1 aromatic heterocycles. The highest BCUT2D eigenvalue weighted by atomic mass is 79.9. The fraction of sp³-hybridized carbons (Fsp3) is 0.455. The Morgan fingerprint density at radius 3 is 3.06 bits per heavy atom. The second-order valence-corrected chi connectivity index (χ2v) is 4.63. The molecule has 0 saturated heterocycles.